The Labute approximate surface area is 104 Å². The van der Waals surface area contributed by atoms with Crippen LogP contribution >= 0.6 is 0 Å². The zero-order valence-corrected chi connectivity index (χ0v) is 9.66. The normalized spacial score (nSPS) is 12.3. The fourth-order valence-electron chi connectivity index (χ4n) is 1.54. The van der Waals surface area contributed by atoms with Gasteiger partial charge in [-0.1, -0.05) is 11.8 Å². The van der Waals surface area contributed by atoms with E-state index in [2.05, 4.69) is 22.5 Å². The van der Waals surface area contributed by atoms with E-state index in [4.69, 9.17) is 0 Å². The monoisotopic (exact) mass is 242 g/mol. The minimum atomic E-state index is -0.617. The fraction of sp³-hybridized carbons (Fsp3) is 0.154. The van der Waals surface area contributed by atoms with Gasteiger partial charge in [0, 0.05) is 12.5 Å². The molecule has 18 heavy (non-hydrogen) atoms. The molecule has 0 spiro atoms. The molecule has 1 aromatic carbocycles. The van der Waals surface area contributed by atoms with E-state index in [-0.39, 0.29) is 12.5 Å². The molecule has 0 atom stereocenters. The van der Waals surface area contributed by atoms with Crippen LogP contribution in [0.1, 0.15) is 22.8 Å². The maximum absolute atomic E-state index is 11.5. The lowest BCUT2D eigenvalue weighted by molar-refractivity contribution is -0.118. The molecule has 1 heterocycles. The van der Waals surface area contributed by atoms with Crippen molar-refractivity contribution in [3.63, 3.8) is 0 Å². The number of nitrogens with one attached hydrogen (secondary N) is 2. The Balaban J connectivity index is 2.15. The van der Waals surface area contributed by atoms with E-state index in [9.17, 15) is 14.4 Å². The number of fused-ring (bicyclic) bond motifs is 1. The summed E-state index contributed by atoms with van der Waals surface area (Å²) < 4.78 is 0. The average molecular weight is 242 g/mol. The molecule has 0 aromatic heterocycles. The van der Waals surface area contributed by atoms with Crippen LogP contribution in [0.4, 0.5) is 5.69 Å². The molecule has 2 rings (SSSR count). The number of carbonyl (C=O) groups excluding carboxylic acids is 3. The Kier molecular flexibility index (Phi) is 3.11. The molecule has 0 aliphatic carbocycles. The summed E-state index contributed by atoms with van der Waals surface area (Å²) in [5.74, 6) is 4.25. The van der Waals surface area contributed by atoms with Gasteiger partial charge >= 0.3 is 0 Å². The SMILES string of the molecule is CC(=O)NCC#Cc1ccc2c(c1)C(=O)C(=O)N2. The van der Waals surface area contributed by atoms with Gasteiger partial charge in [0.2, 0.25) is 5.91 Å². The third kappa shape index (κ3) is 2.38. The summed E-state index contributed by atoms with van der Waals surface area (Å²) in [6.07, 6.45) is 0. The fourth-order valence-corrected chi connectivity index (χ4v) is 1.54. The van der Waals surface area contributed by atoms with Crippen LogP contribution in [0, 0.1) is 11.8 Å². The summed E-state index contributed by atoms with van der Waals surface area (Å²) in [7, 11) is 0. The summed E-state index contributed by atoms with van der Waals surface area (Å²) in [4.78, 5) is 33.2. The molecular formula is C13H10N2O3. The maximum Gasteiger partial charge on any atom is 0.296 e. The van der Waals surface area contributed by atoms with E-state index in [0.29, 0.717) is 16.8 Å². The first-order valence-electron chi connectivity index (χ1n) is 5.31. The smallest absolute Gasteiger partial charge is 0.296 e. The van der Waals surface area contributed by atoms with E-state index in [0.717, 1.165) is 0 Å². The Morgan fingerprint density at radius 3 is 2.89 bits per heavy atom. The molecule has 90 valence electrons. The molecule has 0 saturated carbocycles. The molecule has 2 N–H and O–H groups in total. The van der Waals surface area contributed by atoms with Crippen molar-refractivity contribution >= 4 is 23.3 Å². The molecule has 0 fully saturated rings. The zero-order valence-electron chi connectivity index (χ0n) is 9.66. The van der Waals surface area contributed by atoms with Crippen molar-refractivity contribution in [3.05, 3.63) is 29.3 Å². The highest BCUT2D eigenvalue weighted by Crippen LogP contribution is 2.23. The molecule has 2 amide bonds. The second-order valence-corrected chi connectivity index (χ2v) is 3.76. The second kappa shape index (κ2) is 4.72. The molecule has 0 radical (unpaired) electrons. The predicted octanol–water partition coefficient (Wildman–Crippen LogP) is 0.309. The summed E-state index contributed by atoms with van der Waals surface area (Å²) >= 11 is 0. The number of anilines is 1. The van der Waals surface area contributed by atoms with Gasteiger partial charge in [-0.3, -0.25) is 14.4 Å². The average Bonchev–Trinajstić information content (AvgIpc) is 2.61. The molecule has 0 unspecified atom stereocenters. The number of hydrogen-bond donors (Lipinski definition) is 2. The number of Topliss-reactive ketones (excluding diaryl/α,β-unsaturated/α-hetero) is 1. The topological polar surface area (TPSA) is 75.3 Å². The van der Waals surface area contributed by atoms with Gasteiger partial charge in [0.15, 0.2) is 0 Å². The molecule has 0 bridgehead atoms. The van der Waals surface area contributed by atoms with E-state index in [1.54, 1.807) is 18.2 Å². The maximum atomic E-state index is 11.5. The Morgan fingerprint density at radius 1 is 1.39 bits per heavy atom. The van der Waals surface area contributed by atoms with Gasteiger partial charge in [-0.05, 0) is 18.2 Å². The van der Waals surface area contributed by atoms with Crippen LogP contribution in [0.25, 0.3) is 0 Å². The van der Waals surface area contributed by atoms with E-state index in [1.807, 2.05) is 0 Å². The van der Waals surface area contributed by atoms with Crippen LogP contribution in [0.3, 0.4) is 0 Å². The minimum absolute atomic E-state index is 0.150. The largest absolute Gasteiger partial charge is 0.345 e. The van der Waals surface area contributed by atoms with Crippen molar-refractivity contribution in [2.45, 2.75) is 6.92 Å². The number of carbonyl (C=O) groups is 3. The highest BCUT2D eigenvalue weighted by atomic mass is 16.2. The highest BCUT2D eigenvalue weighted by molar-refractivity contribution is 6.51. The van der Waals surface area contributed by atoms with Gasteiger partial charge < -0.3 is 10.6 Å². The lowest BCUT2D eigenvalue weighted by Gasteiger charge is -1.96. The molecule has 1 aliphatic heterocycles. The van der Waals surface area contributed by atoms with E-state index in [1.165, 1.54) is 6.92 Å². The van der Waals surface area contributed by atoms with Crippen molar-refractivity contribution in [1.29, 1.82) is 0 Å². The van der Waals surface area contributed by atoms with Gasteiger partial charge in [0.1, 0.15) is 0 Å². The molecule has 5 heteroatoms. The van der Waals surface area contributed by atoms with Crippen molar-refractivity contribution in [2.75, 3.05) is 11.9 Å². The van der Waals surface area contributed by atoms with Crippen molar-refractivity contribution < 1.29 is 14.4 Å². The van der Waals surface area contributed by atoms with Gasteiger partial charge in [0.25, 0.3) is 11.7 Å². The first-order chi connectivity index (χ1) is 8.58. The number of amides is 2. The van der Waals surface area contributed by atoms with Crippen molar-refractivity contribution in [2.24, 2.45) is 0 Å². The number of benzene rings is 1. The third-order valence-electron chi connectivity index (χ3n) is 2.38. The van der Waals surface area contributed by atoms with Crippen LogP contribution in [-0.2, 0) is 9.59 Å². The first kappa shape index (κ1) is 11.9. The summed E-state index contributed by atoms with van der Waals surface area (Å²) in [6, 6.07) is 4.91. The van der Waals surface area contributed by atoms with Crippen LogP contribution in [0.2, 0.25) is 0 Å². The molecule has 1 aliphatic rings. The van der Waals surface area contributed by atoms with Gasteiger partial charge in [-0.25, -0.2) is 0 Å². The van der Waals surface area contributed by atoms with Gasteiger partial charge in [-0.2, -0.15) is 0 Å². The van der Waals surface area contributed by atoms with E-state index < -0.39 is 11.7 Å². The van der Waals surface area contributed by atoms with Gasteiger partial charge in [-0.15, -0.1) is 0 Å². The van der Waals surface area contributed by atoms with Crippen molar-refractivity contribution in [1.82, 2.24) is 5.32 Å². The molecule has 5 nitrogen and oxygen atoms in total. The highest BCUT2D eigenvalue weighted by Gasteiger charge is 2.27. The van der Waals surface area contributed by atoms with Crippen LogP contribution in [0.5, 0.6) is 0 Å². The quantitative estimate of drug-likeness (QED) is 0.549. The lowest BCUT2D eigenvalue weighted by atomic mass is 10.1. The van der Waals surface area contributed by atoms with Crippen LogP contribution in [-0.4, -0.2) is 24.1 Å². The lowest BCUT2D eigenvalue weighted by Crippen LogP contribution is -2.19. The standard InChI is InChI=1S/C13H10N2O3/c1-8(16)14-6-2-3-9-4-5-11-10(7-9)12(17)13(18)15-11/h4-5,7H,6H2,1H3,(H,14,16)(H,15,17,18). The number of hydrogen-bond acceptors (Lipinski definition) is 3. The van der Waals surface area contributed by atoms with E-state index >= 15 is 0 Å². The van der Waals surface area contributed by atoms with Gasteiger partial charge in [0.05, 0.1) is 17.8 Å². The Bertz CT molecular complexity index is 608. The second-order valence-electron chi connectivity index (χ2n) is 3.76. The third-order valence-corrected chi connectivity index (χ3v) is 2.38. The molecule has 0 saturated heterocycles. The Morgan fingerprint density at radius 2 is 2.17 bits per heavy atom. The predicted molar refractivity (Wildman–Crippen MR) is 65.0 cm³/mol. The Hall–Kier alpha value is -2.61. The molecular weight excluding hydrogens is 232 g/mol. The number of rotatable bonds is 1. The summed E-state index contributed by atoms with van der Waals surface area (Å²) in [5, 5.41) is 5.00. The van der Waals surface area contributed by atoms with Crippen LogP contribution < -0.4 is 10.6 Å². The summed E-state index contributed by atoms with van der Waals surface area (Å²) in [6.45, 7) is 1.66. The minimum Gasteiger partial charge on any atom is -0.345 e. The summed E-state index contributed by atoms with van der Waals surface area (Å²) in [5.41, 5.74) is 1.48. The number of ketones is 1. The van der Waals surface area contributed by atoms with Crippen molar-refractivity contribution in [3.8, 4) is 11.8 Å². The molecule has 1 aromatic rings. The zero-order chi connectivity index (χ0) is 13.1. The van der Waals surface area contributed by atoms with Crippen LogP contribution in [0.15, 0.2) is 18.2 Å². The first-order valence-corrected chi connectivity index (χ1v) is 5.31.